The maximum Gasteiger partial charge on any atom is 0.316 e. The molecule has 2 aromatic heterocycles. The molecule has 0 bridgehead atoms. The number of halogens is 1. The van der Waals surface area contributed by atoms with Crippen molar-refractivity contribution in [3.63, 3.8) is 0 Å². The van der Waals surface area contributed by atoms with Gasteiger partial charge in [-0.25, -0.2) is 4.39 Å². The summed E-state index contributed by atoms with van der Waals surface area (Å²) < 4.78 is 25.4. The van der Waals surface area contributed by atoms with Crippen LogP contribution in [-0.4, -0.2) is 22.7 Å². The molecule has 0 atom stereocenters. The molecule has 40 heavy (non-hydrogen) atoms. The van der Waals surface area contributed by atoms with Crippen LogP contribution in [0.2, 0.25) is 0 Å². The number of benzene rings is 3. The lowest BCUT2D eigenvalue weighted by Crippen LogP contribution is -2.23. The molecule has 6 heteroatoms. The number of aryl methyl sites for hydroxylation is 1. The topological polar surface area (TPSA) is 65.2 Å². The van der Waals surface area contributed by atoms with Gasteiger partial charge < -0.3 is 9.26 Å². The standard InChI is InChI=1S/C34H29FN2O3/c1-3-39-33(38)34(19-20-34)26-17-15-24(16-18-26)23-11-13-25(14-12-23)32-29(22(2)37-40-32)21-27-7-6-10-31(36-27)28-8-4-5-9-30(28)35/h4-18H,3,19-21H2,1-2H3. The van der Waals surface area contributed by atoms with Crippen LogP contribution in [0.15, 0.2) is 95.5 Å². The number of hydrogen-bond donors (Lipinski definition) is 0. The summed E-state index contributed by atoms with van der Waals surface area (Å²) in [6.45, 7) is 4.16. The molecule has 3 aromatic carbocycles. The van der Waals surface area contributed by atoms with Gasteiger partial charge in [-0.05, 0) is 67.6 Å². The SMILES string of the molecule is CCOC(=O)C1(c2ccc(-c3ccc(-c4onc(C)c4Cc4cccc(-c5ccccc5F)n4)cc3)cc2)CC1. The van der Waals surface area contributed by atoms with Crippen molar-refractivity contribution in [3.8, 4) is 33.7 Å². The van der Waals surface area contributed by atoms with E-state index in [1.54, 1.807) is 18.2 Å². The van der Waals surface area contributed by atoms with E-state index in [1.807, 2.05) is 56.3 Å². The minimum atomic E-state index is -0.470. The summed E-state index contributed by atoms with van der Waals surface area (Å²) >= 11 is 0. The lowest BCUT2D eigenvalue weighted by Gasteiger charge is -2.14. The fourth-order valence-electron chi connectivity index (χ4n) is 5.20. The van der Waals surface area contributed by atoms with Gasteiger partial charge in [0.25, 0.3) is 0 Å². The Labute approximate surface area is 232 Å². The summed E-state index contributed by atoms with van der Waals surface area (Å²) in [5.74, 6) is 0.275. The average molecular weight is 533 g/mol. The Morgan fingerprint density at radius 3 is 2.25 bits per heavy atom. The summed E-state index contributed by atoms with van der Waals surface area (Å²) in [4.78, 5) is 17.2. The Morgan fingerprint density at radius 1 is 0.900 bits per heavy atom. The molecule has 0 radical (unpaired) electrons. The number of carbonyl (C=O) groups excluding carboxylic acids is 1. The third-order valence-electron chi connectivity index (χ3n) is 7.63. The van der Waals surface area contributed by atoms with Gasteiger partial charge in [0, 0.05) is 28.8 Å². The van der Waals surface area contributed by atoms with E-state index in [9.17, 15) is 9.18 Å². The number of rotatable bonds is 8. The normalized spacial score (nSPS) is 13.7. The number of hydrogen-bond acceptors (Lipinski definition) is 5. The molecule has 1 saturated carbocycles. The van der Waals surface area contributed by atoms with E-state index < -0.39 is 5.41 Å². The molecule has 0 aliphatic heterocycles. The van der Waals surface area contributed by atoms with E-state index in [0.717, 1.165) is 52.0 Å². The van der Waals surface area contributed by atoms with Crippen LogP contribution in [0.1, 0.15) is 42.3 Å². The number of aromatic nitrogens is 2. The van der Waals surface area contributed by atoms with Crippen molar-refractivity contribution in [1.82, 2.24) is 10.1 Å². The first-order chi connectivity index (χ1) is 19.5. The minimum Gasteiger partial charge on any atom is -0.465 e. The lowest BCUT2D eigenvalue weighted by molar-refractivity contribution is -0.146. The molecule has 1 fully saturated rings. The van der Waals surface area contributed by atoms with Gasteiger partial charge in [0.15, 0.2) is 5.76 Å². The molecule has 0 saturated heterocycles. The fourth-order valence-corrected chi connectivity index (χ4v) is 5.20. The first-order valence-electron chi connectivity index (χ1n) is 13.5. The zero-order valence-electron chi connectivity index (χ0n) is 22.5. The molecule has 2 heterocycles. The molecule has 1 aliphatic rings. The first-order valence-corrected chi connectivity index (χ1v) is 13.5. The Kier molecular flexibility index (Phi) is 6.76. The van der Waals surface area contributed by atoms with Gasteiger partial charge in [-0.15, -0.1) is 0 Å². The van der Waals surface area contributed by atoms with Crippen molar-refractivity contribution < 1.29 is 18.4 Å². The molecule has 0 spiro atoms. The second kappa shape index (κ2) is 10.5. The predicted molar refractivity (Wildman–Crippen MR) is 152 cm³/mol. The van der Waals surface area contributed by atoms with Gasteiger partial charge in [-0.1, -0.05) is 71.9 Å². The number of esters is 1. The van der Waals surface area contributed by atoms with E-state index in [-0.39, 0.29) is 11.8 Å². The highest BCUT2D eigenvalue weighted by Crippen LogP contribution is 2.49. The zero-order chi connectivity index (χ0) is 27.7. The van der Waals surface area contributed by atoms with Crippen LogP contribution >= 0.6 is 0 Å². The number of ether oxygens (including phenoxy) is 1. The van der Waals surface area contributed by atoms with E-state index >= 15 is 0 Å². The summed E-state index contributed by atoms with van der Waals surface area (Å²) in [6, 6.07) is 28.6. The van der Waals surface area contributed by atoms with Gasteiger partial charge >= 0.3 is 5.97 Å². The molecule has 0 unspecified atom stereocenters. The molecule has 5 aromatic rings. The maximum absolute atomic E-state index is 14.3. The Balaban J connectivity index is 1.22. The lowest BCUT2D eigenvalue weighted by atomic mass is 9.93. The molecule has 1 aliphatic carbocycles. The van der Waals surface area contributed by atoms with Crippen molar-refractivity contribution in [2.24, 2.45) is 0 Å². The van der Waals surface area contributed by atoms with Crippen LogP contribution < -0.4 is 0 Å². The number of nitrogens with zero attached hydrogens (tertiary/aromatic N) is 2. The Morgan fingerprint density at radius 2 is 1.57 bits per heavy atom. The van der Waals surface area contributed by atoms with Crippen molar-refractivity contribution in [3.05, 3.63) is 119 Å². The summed E-state index contributed by atoms with van der Waals surface area (Å²) in [5, 5.41) is 4.23. The third-order valence-corrected chi connectivity index (χ3v) is 7.63. The zero-order valence-corrected chi connectivity index (χ0v) is 22.5. The molecule has 0 N–H and O–H groups in total. The summed E-state index contributed by atoms with van der Waals surface area (Å²) in [5.41, 5.74) is 7.21. The van der Waals surface area contributed by atoms with Crippen molar-refractivity contribution in [1.29, 1.82) is 0 Å². The van der Waals surface area contributed by atoms with Crippen molar-refractivity contribution >= 4 is 5.97 Å². The highest BCUT2D eigenvalue weighted by Gasteiger charge is 2.52. The molecular formula is C34H29FN2O3. The van der Waals surface area contributed by atoms with Crippen molar-refractivity contribution in [2.45, 2.75) is 38.5 Å². The quantitative estimate of drug-likeness (QED) is 0.192. The summed E-state index contributed by atoms with van der Waals surface area (Å²) in [6.07, 6.45) is 2.18. The smallest absolute Gasteiger partial charge is 0.316 e. The highest BCUT2D eigenvalue weighted by molar-refractivity contribution is 5.87. The second-order valence-corrected chi connectivity index (χ2v) is 10.2. The van der Waals surface area contributed by atoms with E-state index in [0.29, 0.717) is 30.0 Å². The first kappa shape index (κ1) is 25.7. The summed E-state index contributed by atoms with van der Waals surface area (Å²) in [7, 11) is 0. The van der Waals surface area contributed by atoms with Crippen LogP contribution in [0, 0.1) is 12.7 Å². The Hall–Kier alpha value is -4.58. The van der Waals surface area contributed by atoms with Gasteiger partial charge in [-0.2, -0.15) is 0 Å². The van der Waals surface area contributed by atoms with E-state index in [1.165, 1.54) is 6.07 Å². The van der Waals surface area contributed by atoms with E-state index in [2.05, 4.69) is 29.4 Å². The second-order valence-electron chi connectivity index (χ2n) is 10.2. The molecule has 6 rings (SSSR count). The van der Waals surface area contributed by atoms with Crippen LogP contribution in [0.5, 0.6) is 0 Å². The highest BCUT2D eigenvalue weighted by atomic mass is 19.1. The Bertz CT molecular complexity index is 1670. The monoisotopic (exact) mass is 532 g/mol. The molecular weight excluding hydrogens is 503 g/mol. The average Bonchev–Trinajstić information content (AvgIpc) is 3.72. The number of pyridine rings is 1. The van der Waals surface area contributed by atoms with Crippen LogP contribution in [0.3, 0.4) is 0 Å². The maximum atomic E-state index is 14.3. The van der Waals surface area contributed by atoms with Gasteiger partial charge in [-0.3, -0.25) is 9.78 Å². The van der Waals surface area contributed by atoms with E-state index in [4.69, 9.17) is 14.2 Å². The largest absolute Gasteiger partial charge is 0.465 e. The van der Waals surface area contributed by atoms with Crippen LogP contribution in [-0.2, 0) is 21.4 Å². The van der Waals surface area contributed by atoms with Gasteiger partial charge in [0.05, 0.1) is 23.4 Å². The predicted octanol–water partition coefficient (Wildman–Crippen LogP) is 7.70. The third kappa shape index (κ3) is 4.81. The van der Waals surface area contributed by atoms with Crippen molar-refractivity contribution in [2.75, 3.05) is 6.61 Å². The molecule has 200 valence electrons. The van der Waals surface area contributed by atoms with Crippen LogP contribution in [0.4, 0.5) is 4.39 Å². The van der Waals surface area contributed by atoms with Gasteiger partial charge in [0.1, 0.15) is 5.82 Å². The number of carbonyl (C=O) groups is 1. The molecule has 5 nitrogen and oxygen atoms in total. The van der Waals surface area contributed by atoms with Crippen LogP contribution in [0.25, 0.3) is 33.7 Å². The minimum absolute atomic E-state index is 0.126. The molecule has 0 amide bonds. The fraction of sp³-hybridized carbons (Fsp3) is 0.206. The van der Waals surface area contributed by atoms with Gasteiger partial charge in [0.2, 0.25) is 0 Å².